The van der Waals surface area contributed by atoms with Gasteiger partial charge in [0.15, 0.2) is 0 Å². The number of rotatable bonds is 4. The lowest BCUT2D eigenvalue weighted by Gasteiger charge is -2.36. The number of allylic oxidation sites excluding steroid dienone is 3. The average Bonchev–Trinajstić information content (AvgIpc) is 3.07. The third kappa shape index (κ3) is 1.99. The van der Waals surface area contributed by atoms with E-state index in [4.69, 9.17) is 9.47 Å². The van der Waals surface area contributed by atoms with Gasteiger partial charge in [0.1, 0.15) is 5.76 Å². The maximum atomic E-state index is 13.5. The third-order valence-electron chi connectivity index (χ3n) is 5.89. The zero-order valence-corrected chi connectivity index (χ0v) is 14.1. The first-order chi connectivity index (χ1) is 11.7. The highest BCUT2D eigenvalue weighted by atomic mass is 16.5. The summed E-state index contributed by atoms with van der Waals surface area (Å²) in [6.07, 6.45) is 7.09. The highest BCUT2D eigenvalue weighted by Gasteiger charge is 2.65. The Labute approximate surface area is 142 Å². The molecule has 1 aromatic rings. The van der Waals surface area contributed by atoms with E-state index in [-0.39, 0.29) is 11.8 Å². The molecule has 1 aliphatic heterocycles. The molecule has 3 aliphatic rings. The Bertz CT molecular complexity index is 696. The molecule has 1 amide bonds. The molecule has 1 saturated heterocycles. The van der Waals surface area contributed by atoms with E-state index >= 15 is 0 Å². The molecule has 24 heavy (non-hydrogen) atoms. The Balaban J connectivity index is 1.75. The zero-order chi connectivity index (χ0) is 16.7. The van der Waals surface area contributed by atoms with E-state index in [1.165, 1.54) is 0 Å². The van der Waals surface area contributed by atoms with Crippen molar-refractivity contribution in [3.63, 3.8) is 0 Å². The van der Waals surface area contributed by atoms with E-state index in [0.29, 0.717) is 18.4 Å². The number of ether oxygens (including phenoxy) is 2. The van der Waals surface area contributed by atoms with E-state index < -0.39 is 5.41 Å². The lowest BCUT2D eigenvalue weighted by molar-refractivity contribution is -0.126. The molecule has 1 spiro atoms. The van der Waals surface area contributed by atoms with Crippen molar-refractivity contribution in [1.82, 2.24) is 0 Å². The van der Waals surface area contributed by atoms with Gasteiger partial charge in [0.05, 0.1) is 12.5 Å². The van der Waals surface area contributed by atoms with Gasteiger partial charge >= 0.3 is 0 Å². The number of hydrogen-bond donors (Lipinski definition) is 0. The fourth-order valence-electron chi connectivity index (χ4n) is 5.00. The largest absolute Gasteiger partial charge is 0.501 e. The molecule has 0 bridgehead atoms. The van der Waals surface area contributed by atoms with Crippen LogP contribution in [-0.2, 0) is 14.3 Å². The fraction of sp³-hybridized carbons (Fsp3) is 0.450. The first kappa shape index (κ1) is 15.5. The summed E-state index contributed by atoms with van der Waals surface area (Å²) >= 11 is 0. The average molecular weight is 325 g/mol. The van der Waals surface area contributed by atoms with Gasteiger partial charge in [0.25, 0.3) is 0 Å². The summed E-state index contributed by atoms with van der Waals surface area (Å²) in [6.45, 7) is 1.43. The lowest BCUT2D eigenvalue weighted by atomic mass is 9.69. The SMILES string of the molecule is COC[C@H]1C[C@@H]2CN(c3ccccc3)C(=O)[C@@]23C=CC=C(OC)[C@@H]13. The van der Waals surface area contributed by atoms with Gasteiger partial charge in [-0.2, -0.15) is 0 Å². The Morgan fingerprint density at radius 3 is 2.75 bits per heavy atom. The summed E-state index contributed by atoms with van der Waals surface area (Å²) in [5.74, 6) is 1.79. The number of para-hydroxylation sites is 1. The summed E-state index contributed by atoms with van der Waals surface area (Å²) < 4.78 is 11.1. The molecule has 0 N–H and O–H groups in total. The second-order valence-corrected chi connectivity index (χ2v) is 6.94. The van der Waals surface area contributed by atoms with Gasteiger partial charge in [-0.25, -0.2) is 0 Å². The Morgan fingerprint density at radius 1 is 1.25 bits per heavy atom. The summed E-state index contributed by atoms with van der Waals surface area (Å²) in [5.41, 5.74) is 0.495. The van der Waals surface area contributed by atoms with Crippen LogP contribution < -0.4 is 4.90 Å². The van der Waals surface area contributed by atoms with Gasteiger partial charge in [-0.3, -0.25) is 4.79 Å². The standard InChI is InChI=1S/C20H23NO3/c1-23-13-14-11-15-12-21(16-7-4-3-5-8-16)19(22)20(15)10-6-9-17(24-2)18(14)20/h3-10,14-15,18H,11-13H2,1-2H3/t14-,15-,18-,20+/m1/s1. The number of anilines is 1. The fourth-order valence-corrected chi connectivity index (χ4v) is 5.00. The highest BCUT2D eigenvalue weighted by molar-refractivity contribution is 6.02. The monoisotopic (exact) mass is 325 g/mol. The van der Waals surface area contributed by atoms with E-state index in [1.807, 2.05) is 47.4 Å². The third-order valence-corrected chi connectivity index (χ3v) is 5.89. The van der Waals surface area contributed by atoms with E-state index in [9.17, 15) is 4.79 Å². The van der Waals surface area contributed by atoms with Crippen molar-refractivity contribution in [3.8, 4) is 0 Å². The van der Waals surface area contributed by atoms with Crippen LogP contribution in [-0.4, -0.2) is 33.3 Å². The first-order valence-electron chi connectivity index (χ1n) is 8.51. The summed E-state index contributed by atoms with van der Waals surface area (Å²) in [6, 6.07) is 9.97. The minimum absolute atomic E-state index is 0.0682. The predicted molar refractivity (Wildman–Crippen MR) is 92.4 cm³/mol. The second-order valence-electron chi connectivity index (χ2n) is 6.94. The van der Waals surface area contributed by atoms with Crippen molar-refractivity contribution in [1.29, 1.82) is 0 Å². The first-order valence-corrected chi connectivity index (χ1v) is 8.51. The van der Waals surface area contributed by atoms with Crippen molar-refractivity contribution < 1.29 is 14.3 Å². The Kier molecular flexibility index (Phi) is 3.72. The normalized spacial score (nSPS) is 34.1. The van der Waals surface area contributed by atoms with Crippen molar-refractivity contribution in [2.24, 2.45) is 23.2 Å². The van der Waals surface area contributed by atoms with E-state index in [1.54, 1.807) is 14.2 Å². The molecule has 4 rings (SSSR count). The molecule has 0 unspecified atom stereocenters. The van der Waals surface area contributed by atoms with Crippen LogP contribution in [0.5, 0.6) is 0 Å². The zero-order valence-electron chi connectivity index (χ0n) is 14.1. The van der Waals surface area contributed by atoms with Crippen LogP contribution in [0.15, 0.2) is 54.3 Å². The maximum absolute atomic E-state index is 13.5. The molecule has 1 heterocycles. The van der Waals surface area contributed by atoms with Crippen LogP contribution in [0, 0.1) is 23.2 Å². The maximum Gasteiger partial charge on any atom is 0.238 e. The number of carbonyl (C=O) groups is 1. The summed E-state index contributed by atoms with van der Waals surface area (Å²) in [7, 11) is 3.43. The molecule has 2 aliphatic carbocycles. The van der Waals surface area contributed by atoms with Crippen LogP contribution in [0.3, 0.4) is 0 Å². The van der Waals surface area contributed by atoms with Gasteiger partial charge < -0.3 is 14.4 Å². The number of amides is 1. The molecule has 0 aromatic heterocycles. The van der Waals surface area contributed by atoms with E-state index in [2.05, 4.69) is 6.08 Å². The van der Waals surface area contributed by atoms with Crippen LogP contribution in [0.2, 0.25) is 0 Å². The molecular formula is C20H23NO3. The van der Waals surface area contributed by atoms with Crippen molar-refractivity contribution in [2.45, 2.75) is 6.42 Å². The molecule has 1 aromatic carbocycles. The smallest absolute Gasteiger partial charge is 0.238 e. The molecule has 0 radical (unpaired) electrons. The van der Waals surface area contributed by atoms with E-state index in [0.717, 1.165) is 24.4 Å². The van der Waals surface area contributed by atoms with Crippen LogP contribution in [0.4, 0.5) is 5.69 Å². The van der Waals surface area contributed by atoms with Gasteiger partial charge in [0, 0.05) is 31.9 Å². The molecule has 4 atom stereocenters. The summed E-state index contributed by atoms with van der Waals surface area (Å²) in [5, 5.41) is 0. The topological polar surface area (TPSA) is 38.8 Å². The van der Waals surface area contributed by atoms with Crippen LogP contribution in [0.1, 0.15) is 6.42 Å². The second kappa shape index (κ2) is 5.78. The van der Waals surface area contributed by atoms with Crippen LogP contribution >= 0.6 is 0 Å². The van der Waals surface area contributed by atoms with Crippen molar-refractivity contribution >= 4 is 11.6 Å². The summed E-state index contributed by atoms with van der Waals surface area (Å²) in [4.78, 5) is 15.5. The van der Waals surface area contributed by atoms with Gasteiger partial charge in [-0.15, -0.1) is 0 Å². The molecular weight excluding hydrogens is 302 g/mol. The lowest BCUT2D eigenvalue weighted by Crippen LogP contribution is -2.42. The number of hydrogen-bond acceptors (Lipinski definition) is 3. The predicted octanol–water partition coefficient (Wildman–Crippen LogP) is 3.02. The minimum atomic E-state index is -0.487. The molecule has 4 nitrogen and oxygen atoms in total. The molecule has 4 heteroatoms. The quantitative estimate of drug-likeness (QED) is 0.854. The Hall–Kier alpha value is -2.07. The number of nitrogens with zero attached hydrogens (tertiary/aromatic N) is 1. The molecule has 1 saturated carbocycles. The minimum Gasteiger partial charge on any atom is -0.501 e. The van der Waals surface area contributed by atoms with Gasteiger partial charge in [-0.1, -0.05) is 30.4 Å². The van der Waals surface area contributed by atoms with Gasteiger partial charge in [0.2, 0.25) is 5.91 Å². The number of benzene rings is 1. The van der Waals surface area contributed by atoms with Crippen LogP contribution in [0.25, 0.3) is 0 Å². The number of carbonyl (C=O) groups excluding carboxylic acids is 1. The van der Waals surface area contributed by atoms with Crippen molar-refractivity contribution in [3.05, 3.63) is 54.3 Å². The van der Waals surface area contributed by atoms with Crippen molar-refractivity contribution in [2.75, 3.05) is 32.3 Å². The number of methoxy groups -OCH3 is 2. The molecule has 126 valence electrons. The highest BCUT2D eigenvalue weighted by Crippen LogP contribution is 2.60. The molecule has 2 fully saturated rings. The van der Waals surface area contributed by atoms with Gasteiger partial charge in [-0.05, 0) is 36.5 Å². The Morgan fingerprint density at radius 2 is 2.04 bits per heavy atom.